The van der Waals surface area contributed by atoms with Gasteiger partial charge in [-0.2, -0.15) is 5.26 Å². The second-order valence-corrected chi connectivity index (χ2v) is 8.59. The minimum Gasteiger partial charge on any atom is -0.493 e. The number of benzene rings is 2. The van der Waals surface area contributed by atoms with E-state index in [0.717, 1.165) is 62.3 Å². The van der Waals surface area contributed by atoms with Gasteiger partial charge in [0.05, 0.1) is 38.9 Å². The van der Waals surface area contributed by atoms with Crippen molar-refractivity contribution in [2.45, 2.75) is 57.7 Å². The van der Waals surface area contributed by atoms with E-state index in [1.165, 1.54) is 5.56 Å². The first-order valence-corrected chi connectivity index (χ1v) is 11.6. The molecule has 180 valence electrons. The van der Waals surface area contributed by atoms with Crippen LogP contribution in [-0.2, 0) is 25.0 Å². The number of nitriles is 1. The van der Waals surface area contributed by atoms with Crippen LogP contribution in [0.1, 0.15) is 54.9 Å². The van der Waals surface area contributed by atoms with Crippen LogP contribution in [0.4, 0.5) is 0 Å². The van der Waals surface area contributed by atoms with Crippen LogP contribution < -0.4 is 9.47 Å². The van der Waals surface area contributed by atoms with E-state index in [1.807, 2.05) is 30.3 Å². The molecule has 2 aromatic carbocycles. The number of aliphatic hydroxyl groups is 2. The maximum absolute atomic E-state index is 10.2. The Hall–Kier alpha value is -2.59. The molecule has 0 fully saturated rings. The molecule has 0 saturated carbocycles. The van der Waals surface area contributed by atoms with E-state index in [2.05, 4.69) is 31.0 Å². The van der Waals surface area contributed by atoms with E-state index in [1.54, 1.807) is 14.2 Å². The van der Waals surface area contributed by atoms with Gasteiger partial charge < -0.3 is 24.6 Å². The zero-order valence-electron chi connectivity index (χ0n) is 20.4. The van der Waals surface area contributed by atoms with Crippen molar-refractivity contribution in [3.63, 3.8) is 0 Å². The average Bonchev–Trinajstić information content (AvgIpc) is 2.86. The molecule has 0 radical (unpaired) electrons. The van der Waals surface area contributed by atoms with Crippen molar-refractivity contribution in [1.82, 2.24) is 4.90 Å². The number of methoxy groups -OCH3 is 2. The van der Waals surface area contributed by atoms with Gasteiger partial charge in [-0.1, -0.05) is 37.6 Å². The zero-order valence-corrected chi connectivity index (χ0v) is 20.4. The maximum Gasteiger partial charge on any atom is 0.160 e. The van der Waals surface area contributed by atoms with Gasteiger partial charge in [-0.3, -0.25) is 0 Å². The highest BCUT2D eigenvalue weighted by molar-refractivity contribution is 5.43. The van der Waals surface area contributed by atoms with Crippen molar-refractivity contribution in [2.24, 2.45) is 0 Å². The quantitative estimate of drug-likeness (QED) is 0.445. The third-order valence-corrected chi connectivity index (χ3v) is 6.36. The fraction of sp³-hybridized carbons (Fsp3) is 0.519. The molecule has 0 aliphatic heterocycles. The van der Waals surface area contributed by atoms with Crippen LogP contribution in [0.3, 0.4) is 0 Å². The third-order valence-electron chi connectivity index (χ3n) is 6.36. The Morgan fingerprint density at radius 2 is 1.67 bits per heavy atom. The minimum absolute atomic E-state index is 0.117. The average molecular weight is 455 g/mol. The monoisotopic (exact) mass is 454 g/mol. The SMILES string of the molecule is CCCC(C#N)(CCCN(C)CCc1ccc(OC)c(OC)c1)c1ccc(CO)c(CO)c1. The standard InChI is InChI=1S/C27H38N2O4/c1-5-12-27(20-28,24-9-8-22(18-30)23(17-24)19-31)13-6-14-29(2)15-11-21-7-10-25(32-3)26(16-21)33-4/h7-10,16-17,30-31H,5-6,11-15,18-19H2,1-4H3. The van der Waals surface area contributed by atoms with Crippen LogP contribution in [0.2, 0.25) is 0 Å². The van der Waals surface area contributed by atoms with Crippen LogP contribution in [0, 0.1) is 11.3 Å². The van der Waals surface area contributed by atoms with Crippen LogP contribution in [0.25, 0.3) is 0 Å². The van der Waals surface area contributed by atoms with E-state index >= 15 is 0 Å². The minimum atomic E-state index is -0.586. The first-order chi connectivity index (χ1) is 16.0. The lowest BCUT2D eigenvalue weighted by atomic mass is 9.74. The Kier molecular flexibility index (Phi) is 10.7. The summed E-state index contributed by atoms with van der Waals surface area (Å²) in [6.07, 6.45) is 4.21. The molecule has 2 rings (SSSR count). The molecule has 0 heterocycles. The predicted molar refractivity (Wildman–Crippen MR) is 130 cm³/mol. The van der Waals surface area contributed by atoms with E-state index in [4.69, 9.17) is 9.47 Å². The molecule has 0 saturated heterocycles. The lowest BCUT2D eigenvalue weighted by Gasteiger charge is -2.29. The van der Waals surface area contributed by atoms with Gasteiger partial charge in [0.15, 0.2) is 11.5 Å². The van der Waals surface area contributed by atoms with E-state index in [9.17, 15) is 15.5 Å². The number of likely N-dealkylation sites (N-methyl/N-ethyl adjacent to an activating group) is 1. The Morgan fingerprint density at radius 3 is 2.27 bits per heavy atom. The molecule has 2 aromatic rings. The van der Waals surface area contributed by atoms with Crippen molar-refractivity contribution in [3.8, 4) is 17.6 Å². The zero-order chi connectivity index (χ0) is 24.3. The van der Waals surface area contributed by atoms with Gasteiger partial charge >= 0.3 is 0 Å². The van der Waals surface area contributed by atoms with Crippen molar-refractivity contribution >= 4 is 0 Å². The summed E-state index contributed by atoms with van der Waals surface area (Å²) in [5.74, 6) is 1.47. The van der Waals surface area contributed by atoms with Gasteiger partial charge in [-0.05, 0) is 73.7 Å². The Labute approximate surface area is 198 Å². The fourth-order valence-electron chi connectivity index (χ4n) is 4.36. The van der Waals surface area contributed by atoms with Crippen molar-refractivity contribution in [1.29, 1.82) is 5.26 Å². The van der Waals surface area contributed by atoms with Crippen LogP contribution in [0.15, 0.2) is 36.4 Å². The normalized spacial score (nSPS) is 12.9. The van der Waals surface area contributed by atoms with Gasteiger partial charge in [-0.15, -0.1) is 0 Å². The molecule has 1 unspecified atom stereocenters. The van der Waals surface area contributed by atoms with Gasteiger partial charge in [0.1, 0.15) is 0 Å². The molecule has 33 heavy (non-hydrogen) atoms. The highest BCUT2D eigenvalue weighted by Crippen LogP contribution is 2.35. The number of ether oxygens (including phenoxy) is 2. The molecular weight excluding hydrogens is 416 g/mol. The fourth-order valence-corrected chi connectivity index (χ4v) is 4.36. The highest BCUT2D eigenvalue weighted by Gasteiger charge is 2.31. The first-order valence-electron chi connectivity index (χ1n) is 11.6. The van der Waals surface area contributed by atoms with E-state index < -0.39 is 5.41 Å². The van der Waals surface area contributed by atoms with Crippen LogP contribution >= 0.6 is 0 Å². The number of rotatable bonds is 14. The van der Waals surface area contributed by atoms with E-state index in [-0.39, 0.29) is 13.2 Å². The summed E-state index contributed by atoms with van der Waals surface area (Å²) in [4.78, 5) is 2.29. The molecule has 6 nitrogen and oxygen atoms in total. The van der Waals surface area contributed by atoms with Crippen LogP contribution in [-0.4, -0.2) is 49.5 Å². The molecule has 0 aliphatic rings. The summed E-state index contributed by atoms with van der Waals surface area (Å²) in [6, 6.07) is 14.3. The van der Waals surface area contributed by atoms with Crippen LogP contribution in [0.5, 0.6) is 11.5 Å². The molecule has 6 heteroatoms. The van der Waals surface area contributed by atoms with Gasteiger partial charge in [0, 0.05) is 6.54 Å². The molecule has 0 spiro atoms. The van der Waals surface area contributed by atoms with Crippen molar-refractivity contribution < 1.29 is 19.7 Å². The van der Waals surface area contributed by atoms with E-state index in [0.29, 0.717) is 11.1 Å². The topological polar surface area (TPSA) is 86.0 Å². The first kappa shape index (κ1) is 26.7. The third kappa shape index (κ3) is 6.94. The van der Waals surface area contributed by atoms with Crippen molar-refractivity contribution in [3.05, 3.63) is 58.7 Å². The lowest BCUT2D eigenvalue weighted by Crippen LogP contribution is -2.28. The van der Waals surface area contributed by atoms with Gasteiger partial charge in [-0.25, -0.2) is 0 Å². The molecule has 1 atom stereocenters. The maximum atomic E-state index is 10.2. The number of hydrogen-bond acceptors (Lipinski definition) is 6. The number of aliphatic hydroxyl groups excluding tert-OH is 2. The Bertz CT molecular complexity index is 925. The molecule has 0 aromatic heterocycles. The highest BCUT2D eigenvalue weighted by atomic mass is 16.5. The largest absolute Gasteiger partial charge is 0.493 e. The molecule has 2 N–H and O–H groups in total. The Morgan fingerprint density at radius 1 is 0.939 bits per heavy atom. The molecule has 0 amide bonds. The number of hydrogen-bond donors (Lipinski definition) is 2. The second-order valence-electron chi connectivity index (χ2n) is 8.59. The van der Waals surface area contributed by atoms with Crippen molar-refractivity contribution in [2.75, 3.05) is 34.4 Å². The Balaban J connectivity index is 2.01. The predicted octanol–water partition coefficient (Wildman–Crippen LogP) is 4.20. The lowest BCUT2D eigenvalue weighted by molar-refractivity contribution is 0.259. The summed E-state index contributed by atoms with van der Waals surface area (Å²) in [5, 5.41) is 29.4. The molecule has 0 aliphatic carbocycles. The molecular formula is C27H38N2O4. The summed E-state index contributed by atoms with van der Waals surface area (Å²) >= 11 is 0. The summed E-state index contributed by atoms with van der Waals surface area (Å²) in [7, 11) is 5.39. The summed E-state index contributed by atoms with van der Waals surface area (Å²) in [6.45, 7) is 3.63. The number of nitrogens with zero attached hydrogens (tertiary/aromatic N) is 2. The molecule has 0 bridgehead atoms. The smallest absolute Gasteiger partial charge is 0.160 e. The summed E-state index contributed by atoms with van der Waals surface area (Å²) in [5.41, 5.74) is 2.94. The van der Waals surface area contributed by atoms with Gasteiger partial charge in [0.2, 0.25) is 0 Å². The van der Waals surface area contributed by atoms with Gasteiger partial charge in [0.25, 0.3) is 0 Å². The summed E-state index contributed by atoms with van der Waals surface area (Å²) < 4.78 is 10.7. The second kappa shape index (κ2) is 13.2.